The molecule has 1 amide bonds. The Hall–Kier alpha value is -2.48. The van der Waals surface area contributed by atoms with Crippen molar-refractivity contribution in [2.75, 3.05) is 12.4 Å². The van der Waals surface area contributed by atoms with E-state index in [0.29, 0.717) is 10.6 Å². The van der Waals surface area contributed by atoms with Gasteiger partial charge in [0.05, 0.1) is 12.7 Å². The third kappa shape index (κ3) is 3.88. The largest absolute Gasteiger partial charge is 0.465 e. The van der Waals surface area contributed by atoms with Gasteiger partial charge in [0.25, 0.3) is 5.91 Å². The Bertz CT molecular complexity index is 756. The first-order chi connectivity index (χ1) is 11.3. The Morgan fingerprint density at radius 1 is 1.17 bits per heavy atom. The molecule has 0 saturated heterocycles. The second-order valence-corrected chi connectivity index (χ2v) is 6.06. The fraction of sp³-hybridized carbons (Fsp3) is 0.250. The summed E-state index contributed by atoms with van der Waals surface area (Å²) >= 11 is 1.26. The standard InChI is InChI=1S/C16H15F2NO4S/c1-8-9(2)24-14(12(8)15(21)22-3)19-13(20)10-4-6-11(7-5-10)23-16(17)18/h4-7,16H,1-3H3,(H,19,20). The van der Waals surface area contributed by atoms with Crippen LogP contribution in [0.25, 0.3) is 0 Å². The smallest absolute Gasteiger partial charge is 0.387 e. The van der Waals surface area contributed by atoms with Crippen LogP contribution in [0.1, 0.15) is 31.2 Å². The highest BCUT2D eigenvalue weighted by Crippen LogP contribution is 2.33. The number of esters is 1. The Morgan fingerprint density at radius 2 is 1.79 bits per heavy atom. The van der Waals surface area contributed by atoms with Gasteiger partial charge in [0.1, 0.15) is 10.8 Å². The van der Waals surface area contributed by atoms with E-state index in [1.807, 2.05) is 6.92 Å². The first kappa shape index (κ1) is 17.9. The van der Waals surface area contributed by atoms with Crippen molar-refractivity contribution < 1.29 is 27.8 Å². The van der Waals surface area contributed by atoms with Gasteiger partial charge >= 0.3 is 12.6 Å². The quantitative estimate of drug-likeness (QED) is 0.823. The molecule has 0 spiro atoms. The molecule has 2 rings (SSSR count). The number of amides is 1. The van der Waals surface area contributed by atoms with Gasteiger partial charge in [-0.05, 0) is 43.7 Å². The predicted octanol–water partition coefficient (Wildman–Crippen LogP) is 4.01. The average Bonchev–Trinajstić information content (AvgIpc) is 2.81. The highest BCUT2D eigenvalue weighted by atomic mass is 32.1. The maximum absolute atomic E-state index is 12.3. The van der Waals surface area contributed by atoms with Crippen molar-refractivity contribution >= 4 is 28.2 Å². The van der Waals surface area contributed by atoms with Gasteiger partial charge in [-0.1, -0.05) is 0 Å². The Balaban J connectivity index is 2.21. The lowest BCUT2D eigenvalue weighted by atomic mass is 10.1. The maximum Gasteiger partial charge on any atom is 0.387 e. The number of anilines is 1. The summed E-state index contributed by atoms with van der Waals surface area (Å²) in [4.78, 5) is 25.0. The lowest BCUT2D eigenvalue weighted by molar-refractivity contribution is -0.0498. The summed E-state index contributed by atoms with van der Waals surface area (Å²) in [7, 11) is 1.27. The highest BCUT2D eigenvalue weighted by molar-refractivity contribution is 7.16. The number of hydrogen-bond donors (Lipinski definition) is 1. The van der Waals surface area contributed by atoms with E-state index < -0.39 is 18.5 Å². The van der Waals surface area contributed by atoms with Gasteiger partial charge in [-0.15, -0.1) is 11.3 Å². The van der Waals surface area contributed by atoms with Gasteiger partial charge in [-0.3, -0.25) is 4.79 Å². The lowest BCUT2D eigenvalue weighted by Gasteiger charge is -2.07. The zero-order chi connectivity index (χ0) is 17.9. The number of carbonyl (C=O) groups is 2. The number of benzene rings is 1. The number of rotatable bonds is 5. The van der Waals surface area contributed by atoms with E-state index in [1.165, 1.54) is 42.7 Å². The number of carbonyl (C=O) groups excluding carboxylic acids is 2. The Kier molecular flexibility index (Phi) is 5.50. The van der Waals surface area contributed by atoms with Crippen molar-refractivity contribution in [3.63, 3.8) is 0 Å². The number of ether oxygens (including phenoxy) is 2. The summed E-state index contributed by atoms with van der Waals surface area (Å²) < 4.78 is 33.2. The predicted molar refractivity (Wildman–Crippen MR) is 86.2 cm³/mol. The van der Waals surface area contributed by atoms with Crippen LogP contribution in [0, 0.1) is 13.8 Å². The van der Waals surface area contributed by atoms with Crippen LogP contribution < -0.4 is 10.1 Å². The topological polar surface area (TPSA) is 64.6 Å². The molecule has 0 aliphatic carbocycles. The van der Waals surface area contributed by atoms with Crippen LogP contribution in [0.5, 0.6) is 5.75 Å². The molecule has 0 bridgehead atoms. The van der Waals surface area contributed by atoms with E-state index in [9.17, 15) is 18.4 Å². The minimum atomic E-state index is -2.93. The van der Waals surface area contributed by atoms with E-state index in [4.69, 9.17) is 4.74 Å². The van der Waals surface area contributed by atoms with Crippen molar-refractivity contribution in [1.82, 2.24) is 0 Å². The van der Waals surface area contributed by atoms with E-state index in [2.05, 4.69) is 10.1 Å². The van der Waals surface area contributed by atoms with E-state index >= 15 is 0 Å². The molecular weight excluding hydrogens is 340 g/mol. The average molecular weight is 355 g/mol. The summed E-state index contributed by atoms with van der Waals surface area (Å²) in [6.45, 7) is 0.673. The number of hydrogen-bond acceptors (Lipinski definition) is 5. The third-order valence-electron chi connectivity index (χ3n) is 3.34. The molecule has 0 fully saturated rings. The SMILES string of the molecule is COC(=O)c1c(NC(=O)c2ccc(OC(F)F)cc2)sc(C)c1C. The molecule has 0 aliphatic rings. The van der Waals surface area contributed by atoms with Crippen molar-refractivity contribution in [1.29, 1.82) is 0 Å². The van der Waals surface area contributed by atoms with Gasteiger partial charge < -0.3 is 14.8 Å². The molecular formula is C16H15F2NO4S. The molecule has 0 aliphatic heterocycles. The monoisotopic (exact) mass is 355 g/mol. The molecule has 24 heavy (non-hydrogen) atoms. The zero-order valence-corrected chi connectivity index (χ0v) is 14.0. The number of alkyl halides is 2. The molecule has 128 valence electrons. The van der Waals surface area contributed by atoms with Gasteiger partial charge in [-0.2, -0.15) is 8.78 Å². The summed E-state index contributed by atoms with van der Waals surface area (Å²) in [6.07, 6.45) is 0. The number of nitrogens with one attached hydrogen (secondary N) is 1. The van der Waals surface area contributed by atoms with Crippen LogP contribution in [-0.2, 0) is 4.74 Å². The number of halogens is 2. The van der Waals surface area contributed by atoms with Gasteiger partial charge in [0.2, 0.25) is 0 Å². The second-order valence-electron chi connectivity index (χ2n) is 4.84. The Morgan fingerprint density at radius 3 is 2.33 bits per heavy atom. The highest BCUT2D eigenvalue weighted by Gasteiger charge is 2.22. The molecule has 1 aromatic carbocycles. The van der Waals surface area contributed by atoms with Crippen molar-refractivity contribution in [3.05, 3.63) is 45.8 Å². The van der Waals surface area contributed by atoms with E-state index in [0.717, 1.165) is 10.4 Å². The lowest BCUT2D eigenvalue weighted by Crippen LogP contribution is -2.14. The van der Waals surface area contributed by atoms with Gasteiger partial charge in [-0.25, -0.2) is 4.79 Å². The fourth-order valence-corrected chi connectivity index (χ4v) is 3.07. The van der Waals surface area contributed by atoms with E-state index in [1.54, 1.807) is 6.92 Å². The molecule has 0 atom stereocenters. The summed E-state index contributed by atoms with van der Waals surface area (Å²) in [5.74, 6) is -1.04. The minimum absolute atomic E-state index is 0.0420. The number of methoxy groups -OCH3 is 1. The van der Waals surface area contributed by atoms with Crippen molar-refractivity contribution in [2.45, 2.75) is 20.5 Å². The zero-order valence-electron chi connectivity index (χ0n) is 13.2. The third-order valence-corrected chi connectivity index (χ3v) is 4.47. The molecule has 0 saturated carbocycles. The maximum atomic E-state index is 12.3. The number of aryl methyl sites for hydroxylation is 1. The van der Waals surface area contributed by atoms with Crippen molar-refractivity contribution in [2.24, 2.45) is 0 Å². The van der Waals surface area contributed by atoms with Crippen LogP contribution in [0.2, 0.25) is 0 Å². The molecule has 5 nitrogen and oxygen atoms in total. The van der Waals surface area contributed by atoms with Crippen molar-refractivity contribution in [3.8, 4) is 5.75 Å². The summed E-state index contributed by atoms with van der Waals surface area (Å²) in [5, 5.41) is 3.04. The van der Waals surface area contributed by atoms with Crippen LogP contribution in [-0.4, -0.2) is 25.6 Å². The summed E-state index contributed by atoms with van der Waals surface area (Å²) in [6, 6.07) is 5.26. The van der Waals surface area contributed by atoms with E-state index in [-0.39, 0.29) is 11.3 Å². The molecule has 8 heteroatoms. The summed E-state index contributed by atoms with van der Waals surface area (Å²) in [5.41, 5.74) is 1.30. The first-order valence-corrected chi connectivity index (χ1v) is 7.69. The fourth-order valence-electron chi connectivity index (χ4n) is 2.03. The molecule has 1 N–H and O–H groups in total. The molecule has 1 aromatic heterocycles. The number of thiophene rings is 1. The van der Waals surface area contributed by atoms with Crippen LogP contribution in [0.3, 0.4) is 0 Å². The van der Waals surface area contributed by atoms with Crippen LogP contribution in [0.15, 0.2) is 24.3 Å². The van der Waals surface area contributed by atoms with Gasteiger partial charge in [0, 0.05) is 10.4 Å². The minimum Gasteiger partial charge on any atom is -0.465 e. The Labute approximate surface area is 141 Å². The van der Waals surface area contributed by atoms with Gasteiger partial charge in [0.15, 0.2) is 0 Å². The molecule has 0 unspecified atom stereocenters. The van der Waals surface area contributed by atoms with Crippen LogP contribution in [0.4, 0.5) is 13.8 Å². The molecule has 2 aromatic rings. The van der Waals surface area contributed by atoms with Crippen LogP contribution >= 0.6 is 11.3 Å². The normalized spacial score (nSPS) is 10.6. The first-order valence-electron chi connectivity index (χ1n) is 6.88. The second kappa shape index (κ2) is 7.39. The molecule has 0 radical (unpaired) electrons. The molecule has 1 heterocycles.